The molecule has 0 aliphatic heterocycles. The molecule has 0 aromatic heterocycles. The van der Waals surface area contributed by atoms with Gasteiger partial charge in [0.25, 0.3) is 0 Å². The monoisotopic (exact) mass is 186 g/mol. The summed E-state index contributed by atoms with van der Waals surface area (Å²) in [6.07, 6.45) is 0. The number of halogens is 2. The van der Waals surface area contributed by atoms with Crippen LogP contribution in [0.15, 0.2) is 12.1 Å². The average molecular weight is 187 g/mol. The average Bonchev–Trinajstić information content (AvgIpc) is 1.97. The summed E-state index contributed by atoms with van der Waals surface area (Å²) in [5.41, 5.74) is 0.590. The Morgan fingerprint density at radius 2 is 2.08 bits per heavy atom. The normalized spacial score (nSPS) is 10.0. The highest BCUT2D eigenvalue weighted by Gasteiger charge is 2.11. The molecule has 0 aliphatic rings. The minimum absolute atomic E-state index is 0.211. The van der Waals surface area contributed by atoms with Gasteiger partial charge in [-0.2, -0.15) is 0 Å². The van der Waals surface area contributed by atoms with Crippen LogP contribution < -0.4 is 0 Å². The van der Waals surface area contributed by atoms with Crippen molar-refractivity contribution < 1.29 is 9.18 Å². The van der Waals surface area contributed by atoms with E-state index in [1.807, 2.05) is 0 Å². The van der Waals surface area contributed by atoms with Gasteiger partial charge in [0.1, 0.15) is 5.82 Å². The molecule has 1 rings (SSSR count). The molecule has 1 nitrogen and oxygen atoms in total. The van der Waals surface area contributed by atoms with Crippen molar-refractivity contribution in [3.63, 3.8) is 0 Å². The molecule has 1 aromatic carbocycles. The van der Waals surface area contributed by atoms with Crippen molar-refractivity contribution in [2.45, 2.75) is 13.8 Å². The van der Waals surface area contributed by atoms with Crippen molar-refractivity contribution in [2.24, 2.45) is 0 Å². The summed E-state index contributed by atoms with van der Waals surface area (Å²) < 4.78 is 12.9. The van der Waals surface area contributed by atoms with E-state index >= 15 is 0 Å². The first-order valence-electron chi connectivity index (χ1n) is 3.49. The van der Waals surface area contributed by atoms with Crippen LogP contribution in [0.5, 0.6) is 0 Å². The molecule has 0 N–H and O–H groups in total. The molecule has 0 bridgehead atoms. The predicted octanol–water partition coefficient (Wildman–Crippen LogP) is 2.99. The van der Waals surface area contributed by atoms with Gasteiger partial charge in [-0.25, -0.2) is 4.39 Å². The molecule has 0 saturated heterocycles. The molecule has 0 aliphatic carbocycles. The molecular formula is C9H8ClFO. The molecule has 0 atom stereocenters. The number of hydrogen-bond acceptors (Lipinski definition) is 1. The Balaban J connectivity index is 3.43. The first-order chi connectivity index (χ1) is 5.54. The highest BCUT2D eigenvalue weighted by Crippen LogP contribution is 2.22. The van der Waals surface area contributed by atoms with Crippen molar-refractivity contribution in [3.05, 3.63) is 34.1 Å². The third kappa shape index (κ3) is 1.48. The molecule has 0 unspecified atom stereocenters. The second kappa shape index (κ2) is 3.23. The van der Waals surface area contributed by atoms with Gasteiger partial charge < -0.3 is 0 Å². The van der Waals surface area contributed by atoms with Crippen LogP contribution in [0.1, 0.15) is 22.8 Å². The minimum Gasteiger partial charge on any atom is -0.294 e. The zero-order chi connectivity index (χ0) is 9.30. The third-order valence-corrected chi connectivity index (χ3v) is 2.02. The first-order valence-corrected chi connectivity index (χ1v) is 3.87. The molecule has 3 heteroatoms. The number of hydrogen-bond donors (Lipinski definition) is 0. The van der Waals surface area contributed by atoms with Gasteiger partial charge >= 0.3 is 0 Å². The number of benzene rings is 1. The smallest absolute Gasteiger partial charge is 0.161 e. The number of carbonyl (C=O) groups excluding carboxylic acids is 1. The Kier molecular flexibility index (Phi) is 2.48. The summed E-state index contributed by atoms with van der Waals surface area (Å²) in [4.78, 5) is 11.0. The Labute approximate surface area is 75.2 Å². The summed E-state index contributed by atoms with van der Waals surface area (Å²) in [5.74, 6) is -0.610. The van der Waals surface area contributed by atoms with Gasteiger partial charge in [0, 0.05) is 5.56 Å². The van der Waals surface area contributed by atoms with E-state index in [2.05, 4.69) is 0 Å². The van der Waals surface area contributed by atoms with E-state index in [9.17, 15) is 9.18 Å². The van der Waals surface area contributed by atoms with Gasteiger partial charge in [0.05, 0.1) is 5.02 Å². The molecule has 0 amide bonds. The van der Waals surface area contributed by atoms with Gasteiger partial charge in [0.15, 0.2) is 5.78 Å². The van der Waals surface area contributed by atoms with Gasteiger partial charge in [-0.3, -0.25) is 4.79 Å². The zero-order valence-electron chi connectivity index (χ0n) is 6.82. The molecule has 0 spiro atoms. The summed E-state index contributed by atoms with van der Waals surface area (Å²) in [7, 11) is 0. The van der Waals surface area contributed by atoms with E-state index < -0.39 is 5.82 Å². The lowest BCUT2D eigenvalue weighted by molar-refractivity contribution is 0.101. The highest BCUT2D eigenvalue weighted by molar-refractivity contribution is 6.34. The maximum Gasteiger partial charge on any atom is 0.161 e. The number of carbonyl (C=O) groups is 1. The lowest BCUT2D eigenvalue weighted by Gasteiger charge is -2.04. The lowest BCUT2D eigenvalue weighted by Crippen LogP contribution is -1.99. The van der Waals surface area contributed by atoms with Crippen molar-refractivity contribution in [2.75, 3.05) is 0 Å². The van der Waals surface area contributed by atoms with Gasteiger partial charge in [-0.15, -0.1) is 0 Å². The highest BCUT2D eigenvalue weighted by atomic mass is 35.5. The molecule has 64 valence electrons. The van der Waals surface area contributed by atoms with E-state index in [1.165, 1.54) is 26.0 Å². The zero-order valence-corrected chi connectivity index (χ0v) is 7.57. The fourth-order valence-corrected chi connectivity index (χ4v) is 1.42. The third-order valence-electron chi connectivity index (χ3n) is 1.70. The molecule has 12 heavy (non-hydrogen) atoms. The van der Waals surface area contributed by atoms with Crippen LogP contribution in [0.3, 0.4) is 0 Å². The molecular weight excluding hydrogens is 179 g/mol. The van der Waals surface area contributed by atoms with Crippen molar-refractivity contribution in [3.8, 4) is 0 Å². The van der Waals surface area contributed by atoms with Crippen molar-refractivity contribution in [1.82, 2.24) is 0 Å². The number of Topliss-reactive ketones (excluding diaryl/α,β-unsaturated/α-hetero) is 1. The fraction of sp³-hybridized carbons (Fsp3) is 0.222. The Morgan fingerprint density at radius 1 is 1.50 bits per heavy atom. The van der Waals surface area contributed by atoms with Crippen LogP contribution in [0.25, 0.3) is 0 Å². The summed E-state index contributed by atoms with van der Waals surface area (Å²) in [6.45, 7) is 2.91. The molecule has 0 saturated carbocycles. The van der Waals surface area contributed by atoms with Crippen LogP contribution in [0.4, 0.5) is 4.39 Å². The Morgan fingerprint density at radius 3 is 2.50 bits per heavy atom. The Hall–Kier alpha value is -0.890. The predicted molar refractivity (Wildman–Crippen MR) is 46.2 cm³/mol. The van der Waals surface area contributed by atoms with Gasteiger partial charge in [-0.05, 0) is 31.5 Å². The maximum absolute atomic E-state index is 12.9. The second-order valence-electron chi connectivity index (χ2n) is 2.59. The summed E-state index contributed by atoms with van der Waals surface area (Å²) in [6, 6.07) is 2.64. The second-order valence-corrected chi connectivity index (χ2v) is 2.99. The maximum atomic E-state index is 12.9. The van der Waals surface area contributed by atoms with Crippen LogP contribution >= 0.6 is 11.6 Å². The standard InChI is InChI=1S/C9H8ClFO/c1-5-8(11)4-3-7(10)9(5)6(2)12/h3-4H,1-2H3. The first kappa shape index (κ1) is 9.20. The van der Waals surface area contributed by atoms with E-state index in [-0.39, 0.29) is 11.3 Å². The topological polar surface area (TPSA) is 17.1 Å². The quantitative estimate of drug-likeness (QED) is 0.617. The Bertz CT molecular complexity index is 334. The van der Waals surface area contributed by atoms with Gasteiger partial charge in [-0.1, -0.05) is 11.6 Å². The molecule has 0 fully saturated rings. The van der Waals surface area contributed by atoms with Crippen molar-refractivity contribution >= 4 is 17.4 Å². The van der Waals surface area contributed by atoms with E-state index in [0.29, 0.717) is 10.6 Å². The van der Waals surface area contributed by atoms with E-state index in [4.69, 9.17) is 11.6 Å². The van der Waals surface area contributed by atoms with Crippen LogP contribution in [0, 0.1) is 12.7 Å². The fourth-order valence-electron chi connectivity index (χ4n) is 1.09. The number of ketones is 1. The van der Waals surface area contributed by atoms with E-state index in [1.54, 1.807) is 0 Å². The van der Waals surface area contributed by atoms with Crippen LogP contribution in [0.2, 0.25) is 5.02 Å². The summed E-state index contributed by atoms with van der Waals surface area (Å²) >= 11 is 5.71. The summed E-state index contributed by atoms with van der Waals surface area (Å²) in [5, 5.41) is 0.307. The lowest BCUT2D eigenvalue weighted by atomic mass is 10.1. The van der Waals surface area contributed by atoms with Crippen LogP contribution in [-0.2, 0) is 0 Å². The number of rotatable bonds is 1. The minimum atomic E-state index is -0.399. The molecule has 0 radical (unpaired) electrons. The molecule has 0 heterocycles. The molecule has 1 aromatic rings. The van der Waals surface area contributed by atoms with Crippen LogP contribution in [-0.4, -0.2) is 5.78 Å². The largest absolute Gasteiger partial charge is 0.294 e. The SMILES string of the molecule is CC(=O)c1c(Cl)ccc(F)c1C. The van der Waals surface area contributed by atoms with Gasteiger partial charge in [0.2, 0.25) is 0 Å². The van der Waals surface area contributed by atoms with Crippen molar-refractivity contribution in [1.29, 1.82) is 0 Å². The van der Waals surface area contributed by atoms with E-state index in [0.717, 1.165) is 0 Å².